The average Bonchev–Trinajstić information content (AvgIpc) is 3.31. The van der Waals surface area contributed by atoms with Gasteiger partial charge in [-0.15, -0.1) is 24.0 Å². The molecular weight excluding hydrogens is 457 g/mol. The lowest BCUT2D eigenvalue weighted by Gasteiger charge is -2.27. The van der Waals surface area contributed by atoms with Gasteiger partial charge < -0.3 is 20.3 Å². The van der Waals surface area contributed by atoms with E-state index >= 15 is 0 Å². The number of nitrogens with one attached hydrogen (secondary N) is 2. The standard InChI is InChI=1S/C19H35N5O2.HI/c1-23(2)18(25)13-20-19(21-15-8-11-26-12-9-15)22-16-7-10-24(14-16)17-5-3-4-6-17;/h15-17H,3-14H2,1-2H3,(H2,20,21,22);1H. The molecular formula is C19H36IN5O2. The number of likely N-dealkylation sites (tertiary alicyclic amines) is 1. The van der Waals surface area contributed by atoms with Gasteiger partial charge in [-0.1, -0.05) is 12.8 Å². The van der Waals surface area contributed by atoms with Crippen LogP contribution in [0.25, 0.3) is 0 Å². The maximum absolute atomic E-state index is 11.9. The summed E-state index contributed by atoms with van der Waals surface area (Å²) in [7, 11) is 3.54. The highest BCUT2D eigenvalue weighted by molar-refractivity contribution is 14.0. The van der Waals surface area contributed by atoms with Gasteiger partial charge in [0.2, 0.25) is 5.91 Å². The molecule has 8 heteroatoms. The summed E-state index contributed by atoms with van der Waals surface area (Å²) in [6.07, 6.45) is 8.58. The van der Waals surface area contributed by atoms with Gasteiger partial charge in [0.1, 0.15) is 6.54 Å². The van der Waals surface area contributed by atoms with E-state index in [1.807, 2.05) is 0 Å². The van der Waals surface area contributed by atoms with E-state index in [0.717, 1.165) is 51.0 Å². The van der Waals surface area contributed by atoms with Gasteiger partial charge in [0.05, 0.1) is 0 Å². The van der Waals surface area contributed by atoms with Gasteiger partial charge in [0.25, 0.3) is 0 Å². The second-order valence-corrected chi connectivity index (χ2v) is 8.05. The van der Waals surface area contributed by atoms with Gasteiger partial charge in [0, 0.05) is 58.5 Å². The highest BCUT2D eigenvalue weighted by Gasteiger charge is 2.30. The number of carbonyl (C=O) groups excluding carboxylic acids is 1. The third-order valence-electron chi connectivity index (χ3n) is 5.83. The van der Waals surface area contributed by atoms with Crippen LogP contribution >= 0.6 is 24.0 Å². The van der Waals surface area contributed by atoms with E-state index in [2.05, 4.69) is 20.5 Å². The smallest absolute Gasteiger partial charge is 0.243 e. The summed E-state index contributed by atoms with van der Waals surface area (Å²) in [6.45, 7) is 4.02. The second kappa shape index (κ2) is 11.4. The highest BCUT2D eigenvalue weighted by Crippen LogP contribution is 2.26. The van der Waals surface area contributed by atoms with Crippen LogP contribution in [0, 0.1) is 0 Å². The summed E-state index contributed by atoms with van der Waals surface area (Å²) in [4.78, 5) is 20.7. The van der Waals surface area contributed by atoms with Gasteiger partial charge in [-0.3, -0.25) is 9.69 Å². The molecule has 1 saturated carbocycles. The molecule has 1 aliphatic carbocycles. The first-order valence-corrected chi connectivity index (χ1v) is 10.2. The largest absolute Gasteiger partial charge is 0.381 e. The molecule has 27 heavy (non-hydrogen) atoms. The number of rotatable bonds is 5. The molecule has 0 aromatic carbocycles. The number of likely N-dealkylation sites (N-methyl/N-ethyl adjacent to an activating group) is 1. The van der Waals surface area contributed by atoms with Gasteiger partial charge >= 0.3 is 0 Å². The zero-order valence-electron chi connectivity index (χ0n) is 16.8. The van der Waals surface area contributed by atoms with Crippen molar-refractivity contribution in [2.75, 3.05) is 46.9 Å². The van der Waals surface area contributed by atoms with Crippen molar-refractivity contribution in [3.8, 4) is 0 Å². The third-order valence-corrected chi connectivity index (χ3v) is 5.83. The number of halogens is 1. The van der Waals surface area contributed by atoms with Crippen molar-refractivity contribution in [3.63, 3.8) is 0 Å². The first kappa shape index (κ1) is 22.7. The molecule has 2 heterocycles. The third kappa shape index (κ3) is 7.05. The Labute approximate surface area is 180 Å². The van der Waals surface area contributed by atoms with Crippen molar-refractivity contribution >= 4 is 35.8 Å². The van der Waals surface area contributed by atoms with Gasteiger partial charge in [0.15, 0.2) is 5.96 Å². The molecule has 1 atom stereocenters. The lowest BCUT2D eigenvalue weighted by Crippen LogP contribution is -2.50. The number of ether oxygens (including phenoxy) is 1. The summed E-state index contributed by atoms with van der Waals surface area (Å²) in [6, 6.07) is 1.56. The molecule has 0 spiro atoms. The summed E-state index contributed by atoms with van der Waals surface area (Å²) in [5.41, 5.74) is 0. The number of hydrogen-bond acceptors (Lipinski definition) is 4. The predicted octanol–water partition coefficient (Wildman–Crippen LogP) is 1.42. The number of amides is 1. The number of aliphatic imine (C=N–C) groups is 1. The van der Waals surface area contributed by atoms with E-state index in [0.29, 0.717) is 12.1 Å². The number of nitrogens with zero attached hydrogens (tertiary/aromatic N) is 3. The van der Waals surface area contributed by atoms with Crippen molar-refractivity contribution in [2.45, 2.75) is 63.1 Å². The Balaban J connectivity index is 0.00000261. The molecule has 0 aromatic heterocycles. The molecule has 156 valence electrons. The predicted molar refractivity (Wildman–Crippen MR) is 119 cm³/mol. The fraction of sp³-hybridized carbons (Fsp3) is 0.895. The lowest BCUT2D eigenvalue weighted by molar-refractivity contribution is -0.127. The fourth-order valence-electron chi connectivity index (χ4n) is 4.16. The SMILES string of the molecule is CN(C)C(=O)CN=C(NC1CCOCC1)NC1CCN(C2CCCC2)C1.I. The van der Waals surface area contributed by atoms with Crippen LogP contribution in [0.15, 0.2) is 4.99 Å². The van der Waals surface area contributed by atoms with Crippen molar-refractivity contribution in [1.82, 2.24) is 20.4 Å². The monoisotopic (exact) mass is 493 g/mol. The maximum Gasteiger partial charge on any atom is 0.243 e. The van der Waals surface area contributed by atoms with Gasteiger partial charge in [-0.2, -0.15) is 0 Å². The molecule has 0 bridgehead atoms. The number of guanidine groups is 1. The van der Waals surface area contributed by atoms with E-state index in [1.54, 1.807) is 19.0 Å². The van der Waals surface area contributed by atoms with Crippen LogP contribution in [-0.2, 0) is 9.53 Å². The zero-order chi connectivity index (χ0) is 18.4. The molecule has 3 fully saturated rings. The fourth-order valence-corrected chi connectivity index (χ4v) is 4.16. The molecule has 0 radical (unpaired) electrons. The highest BCUT2D eigenvalue weighted by atomic mass is 127. The van der Waals surface area contributed by atoms with E-state index < -0.39 is 0 Å². The van der Waals surface area contributed by atoms with Crippen LogP contribution in [0.1, 0.15) is 44.9 Å². The summed E-state index contributed by atoms with van der Waals surface area (Å²) >= 11 is 0. The molecule has 3 rings (SSSR count). The first-order chi connectivity index (χ1) is 12.6. The van der Waals surface area contributed by atoms with Gasteiger partial charge in [-0.25, -0.2) is 4.99 Å². The Morgan fingerprint density at radius 2 is 1.74 bits per heavy atom. The van der Waals surface area contributed by atoms with Crippen LogP contribution in [-0.4, -0.2) is 86.7 Å². The summed E-state index contributed by atoms with van der Waals surface area (Å²) in [5.74, 6) is 0.808. The molecule has 1 unspecified atom stereocenters. The van der Waals surface area contributed by atoms with Crippen LogP contribution in [0.2, 0.25) is 0 Å². The van der Waals surface area contributed by atoms with E-state index in [-0.39, 0.29) is 36.4 Å². The zero-order valence-corrected chi connectivity index (χ0v) is 19.1. The minimum Gasteiger partial charge on any atom is -0.381 e. The quantitative estimate of drug-likeness (QED) is 0.345. The topological polar surface area (TPSA) is 69.2 Å². The van der Waals surface area contributed by atoms with Crippen molar-refractivity contribution in [3.05, 3.63) is 0 Å². The van der Waals surface area contributed by atoms with Crippen LogP contribution in [0.5, 0.6) is 0 Å². The molecule has 7 nitrogen and oxygen atoms in total. The summed E-state index contributed by atoms with van der Waals surface area (Å²) in [5, 5.41) is 7.13. The summed E-state index contributed by atoms with van der Waals surface area (Å²) < 4.78 is 5.45. The van der Waals surface area contributed by atoms with E-state index in [9.17, 15) is 4.79 Å². The van der Waals surface area contributed by atoms with Crippen molar-refractivity contribution in [1.29, 1.82) is 0 Å². The molecule has 0 aromatic rings. The lowest BCUT2D eigenvalue weighted by atomic mass is 10.1. The van der Waals surface area contributed by atoms with Crippen LogP contribution < -0.4 is 10.6 Å². The Kier molecular flexibility index (Phi) is 9.58. The second-order valence-electron chi connectivity index (χ2n) is 8.05. The Morgan fingerprint density at radius 1 is 1.07 bits per heavy atom. The average molecular weight is 493 g/mol. The molecule has 2 N–H and O–H groups in total. The molecule has 2 aliphatic heterocycles. The van der Waals surface area contributed by atoms with E-state index in [1.165, 1.54) is 32.2 Å². The first-order valence-electron chi connectivity index (χ1n) is 10.2. The number of hydrogen-bond donors (Lipinski definition) is 2. The van der Waals surface area contributed by atoms with Crippen LogP contribution in [0.4, 0.5) is 0 Å². The normalized spacial score (nSPS) is 25.3. The van der Waals surface area contributed by atoms with Crippen LogP contribution in [0.3, 0.4) is 0 Å². The van der Waals surface area contributed by atoms with E-state index in [4.69, 9.17) is 4.74 Å². The van der Waals surface area contributed by atoms with Gasteiger partial charge in [-0.05, 0) is 32.1 Å². The molecule has 2 saturated heterocycles. The van der Waals surface area contributed by atoms with Crippen molar-refractivity contribution in [2.24, 2.45) is 4.99 Å². The minimum atomic E-state index is 0. The Hall–Kier alpha value is -0.610. The Morgan fingerprint density at radius 3 is 2.41 bits per heavy atom. The minimum absolute atomic E-state index is 0. The maximum atomic E-state index is 11.9. The molecule has 3 aliphatic rings. The number of carbonyl (C=O) groups is 1. The Bertz CT molecular complexity index is 490. The molecule has 1 amide bonds. The van der Waals surface area contributed by atoms with Crippen molar-refractivity contribution < 1.29 is 9.53 Å².